The van der Waals surface area contributed by atoms with E-state index in [0.29, 0.717) is 17.1 Å². The molecule has 106 valence electrons. The first kappa shape index (κ1) is 14.8. The van der Waals surface area contributed by atoms with E-state index >= 15 is 0 Å². The first-order valence-electron chi connectivity index (χ1n) is 6.49. The predicted octanol–water partition coefficient (Wildman–Crippen LogP) is 4.19. The van der Waals surface area contributed by atoms with Crippen LogP contribution in [0.2, 0.25) is 5.02 Å². The van der Waals surface area contributed by atoms with Gasteiger partial charge in [0.15, 0.2) is 11.6 Å². The third kappa shape index (κ3) is 2.94. The molecule has 20 heavy (non-hydrogen) atoms. The van der Waals surface area contributed by atoms with E-state index < -0.39 is 0 Å². The average Bonchev–Trinajstić information content (AvgIpc) is 2.46. The summed E-state index contributed by atoms with van der Waals surface area (Å²) in [6, 6.07) is 12.3. The molecule has 1 unspecified atom stereocenters. The van der Waals surface area contributed by atoms with E-state index in [0.717, 1.165) is 5.56 Å². The Morgan fingerprint density at radius 3 is 2.50 bits per heavy atom. The van der Waals surface area contributed by atoms with Crippen LogP contribution < -0.4 is 10.1 Å². The monoisotopic (exact) mass is 293 g/mol. The highest BCUT2D eigenvalue weighted by atomic mass is 35.5. The third-order valence-electron chi connectivity index (χ3n) is 3.15. The minimum absolute atomic E-state index is 0.234. The van der Waals surface area contributed by atoms with Crippen molar-refractivity contribution in [2.75, 3.05) is 13.7 Å². The average molecular weight is 294 g/mol. The Kier molecular flexibility index (Phi) is 4.99. The fourth-order valence-electron chi connectivity index (χ4n) is 2.21. The predicted molar refractivity (Wildman–Crippen MR) is 79.9 cm³/mol. The lowest BCUT2D eigenvalue weighted by Gasteiger charge is -2.21. The second-order valence-corrected chi connectivity index (χ2v) is 4.78. The van der Waals surface area contributed by atoms with E-state index in [1.165, 1.54) is 7.11 Å². The Hall–Kier alpha value is -1.58. The summed E-state index contributed by atoms with van der Waals surface area (Å²) >= 11 is 6.24. The number of halogens is 2. The second-order valence-electron chi connectivity index (χ2n) is 4.38. The highest BCUT2D eigenvalue weighted by Gasteiger charge is 2.21. The molecule has 0 amide bonds. The molecule has 4 heteroatoms. The zero-order valence-electron chi connectivity index (χ0n) is 11.5. The van der Waals surface area contributed by atoms with Crippen molar-refractivity contribution in [3.05, 3.63) is 64.4 Å². The van der Waals surface area contributed by atoms with Crippen LogP contribution in [0.25, 0.3) is 0 Å². The van der Waals surface area contributed by atoms with Gasteiger partial charge in [-0.3, -0.25) is 0 Å². The Labute approximate surface area is 123 Å². The van der Waals surface area contributed by atoms with Gasteiger partial charge in [-0.2, -0.15) is 0 Å². The Balaban J connectivity index is 2.52. The molecular weight excluding hydrogens is 277 g/mol. The molecule has 0 aliphatic rings. The lowest BCUT2D eigenvalue weighted by atomic mass is 9.97. The van der Waals surface area contributed by atoms with E-state index in [-0.39, 0.29) is 17.6 Å². The van der Waals surface area contributed by atoms with Crippen LogP contribution in [0.5, 0.6) is 5.75 Å². The first-order valence-corrected chi connectivity index (χ1v) is 6.87. The minimum Gasteiger partial charge on any atom is -0.494 e. The summed E-state index contributed by atoms with van der Waals surface area (Å²) in [5.41, 5.74) is 1.38. The van der Waals surface area contributed by atoms with Gasteiger partial charge < -0.3 is 10.1 Å². The normalized spacial score (nSPS) is 12.2. The van der Waals surface area contributed by atoms with Crippen molar-refractivity contribution >= 4 is 11.6 Å². The Morgan fingerprint density at radius 2 is 1.85 bits per heavy atom. The quantitative estimate of drug-likeness (QED) is 0.892. The second kappa shape index (κ2) is 6.73. The summed E-state index contributed by atoms with van der Waals surface area (Å²) in [6.07, 6.45) is 0. The van der Waals surface area contributed by atoms with Gasteiger partial charge in [-0.1, -0.05) is 48.9 Å². The van der Waals surface area contributed by atoms with Crippen molar-refractivity contribution in [1.29, 1.82) is 0 Å². The highest BCUT2D eigenvalue weighted by molar-refractivity contribution is 6.31. The van der Waals surface area contributed by atoms with E-state index in [9.17, 15) is 4.39 Å². The van der Waals surface area contributed by atoms with Crippen molar-refractivity contribution in [2.45, 2.75) is 13.0 Å². The van der Waals surface area contributed by atoms with Gasteiger partial charge in [0.25, 0.3) is 0 Å². The largest absolute Gasteiger partial charge is 0.494 e. The molecule has 0 saturated carbocycles. The van der Waals surface area contributed by atoms with Gasteiger partial charge >= 0.3 is 0 Å². The topological polar surface area (TPSA) is 21.3 Å². The van der Waals surface area contributed by atoms with Gasteiger partial charge in [-0.25, -0.2) is 4.39 Å². The molecule has 0 heterocycles. The number of benzene rings is 2. The highest BCUT2D eigenvalue weighted by Crippen LogP contribution is 2.32. The van der Waals surface area contributed by atoms with Gasteiger partial charge in [0.05, 0.1) is 13.2 Å². The van der Waals surface area contributed by atoms with E-state index in [4.69, 9.17) is 16.3 Å². The van der Waals surface area contributed by atoms with Gasteiger partial charge in [-0.05, 0) is 24.2 Å². The molecule has 0 fully saturated rings. The van der Waals surface area contributed by atoms with Crippen molar-refractivity contribution in [3.63, 3.8) is 0 Å². The van der Waals surface area contributed by atoms with E-state index in [1.807, 2.05) is 25.1 Å². The molecule has 0 aliphatic heterocycles. The van der Waals surface area contributed by atoms with Crippen molar-refractivity contribution in [2.24, 2.45) is 0 Å². The first-order chi connectivity index (χ1) is 9.69. The molecule has 0 aromatic heterocycles. The summed E-state index contributed by atoms with van der Waals surface area (Å²) in [6.45, 7) is 2.68. The number of hydrogen-bond acceptors (Lipinski definition) is 2. The fraction of sp³-hybridized carbons (Fsp3) is 0.250. The number of ether oxygens (including phenoxy) is 1. The van der Waals surface area contributed by atoms with E-state index in [2.05, 4.69) is 5.32 Å². The van der Waals surface area contributed by atoms with Gasteiger partial charge in [-0.15, -0.1) is 0 Å². The van der Waals surface area contributed by atoms with Crippen LogP contribution in [0.15, 0.2) is 42.5 Å². The Bertz CT molecular complexity index is 588. The summed E-state index contributed by atoms with van der Waals surface area (Å²) in [4.78, 5) is 0. The molecule has 1 atom stereocenters. The molecule has 2 aromatic rings. The van der Waals surface area contributed by atoms with Crippen LogP contribution in [0.1, 0.15) is 24.1 Å². The third-order valence-corrected chi connectivity index (χ3v) is 3.49. The molecular formula is C16H17ClFNO. The number of methoxy groups -OCH3 is 1. The molecule has 2 rings (SSSR count). The number of rotatable bonds is 5. The van der Waals surface area contributed by atoms with Gasteiger partial charge in [0.2, 0.25) is 0 Å². The van der Waals surface area contributed by atoms with Crippen molar-refractivity contribution in [1.82, 2.24) is 5.32 Å². The molecule has 0 radical (unpaired) electrons. The lowest BCUT2D eigenvalue weighted by Crippen LogP contribution is -2.23. The van der Waals surface area contributed by atoms with Crippen LogP contribution in [-0.4, -0.2) is 13.7 Å². The lowest BCUT2D eigenvalue weighted by molar-refractivity contribution is 0.382. The molecule has 2 aromatic carbocycles. The fourth-order valence-corrected chi connectivity index (χ4v) is 2.45. The van der Waals surface area contributed by atoms with Crippen LogP contribution in [0.3, 0.4) is 0 Å². The molecule has 0 spiro atoms. The summed E-state index contributed by atoms with van der Waals surface area (Å²) < 4.78 is 19.5. The van der Waals surface area contributed by atoms with Gasteiger partial charge in [0.1, 0.15) is 0 Å². The standard InChI is InChI=1S/C16H17ClFNO/c1-3-19-16(11-7-4-5-9-13(11)17)12-8-6-10-14(20-2)15(12)18/h4-10,16,19H,3H2,1-2H3. The molecule has 1 N–H and O–H groups in total. The molecule has 0 aliphatic carbocycles. The number of nitrogens with one attached hydrogen (secondary N) is 1. The van der Waals surface area contributed by atoms with Crippen LogP contribution in [0.4, 0.5) is 4.39 Å². The molecule has 2 nitrogen and oxygen atoms in total. The van der Waals surface area contributed by atoms with E-state index in [1.54, 1.807) is 24.3 Å². The van der Waals surface area contributed by atoms with Crippen LogP contribution in [0, 0.1) is 5.82 Å². The SMILES string of the molecule is CCNC(c1ccccc1Cl)c1cccc(OC)c1F. The summed E-state index contributed by atoms with van der Waals surface area (Å²) in [5.74, 6) is -0.127. The maximum atomic E-state index is 14.5. The summed E-state index contributed by atoms with van der Waals surface area (Å²) in [7, 11) is 1.46. The van der Waals surface area contributed by atoms with Crippen molar-refractivity contribution < 1.29 is 9.13 Å². The maximum absolute atomic E-state index is 14.5. The maximum Gasteiger partial charge on any atom is 0.170 e. The van der Waals surface area contributed by atoms with Crippen molar-refractivity contribution in [3.8, 4) is 5.75 Å². The smallest absolute Gasteiger partial charge is 0.170 e. The molecule has 0 bridgehead atoms. The van der Waals surface area contributed by atoms with Crippen LogP contribution in [-0.2, 0) is 0 Å². The zero-order chi connectivity index (χ0) is 14.5. The minimum atomic E-state index is -0.360. The van der Waals surface area contributed by atoms with Gasteiger partial charge in [0, 0.05) is 10.6 Å². The molecule has 0 saturated heterocycles. The summed E-state index contributed by atoms with van der Waals surface area (Å²) in [5, 5.41) is 3.88. The zero-order valence-corrected chi connectivity index (χ0v) is 12.2. The van der Waals surface area contributed by atoms with Crippen LogP contribution >= 0.6 is 11.6 Å². The Morgan fingerprint density at radius 1 is 1.15 bits per heavy atom. The number of hydrogen-bond donors (Lipinski definition) is 1.